The van der Waals surface area contributed by atoms with Gasteiger partial charge in [0.15, 0.2) is 0 Å². The third-order valence-electron chi connectivity index (χ3n) is 3.99. The van der Waals surface area contributed by atoms with Gasteiger partial charge in [-0.15, -0.1) is 0 Å². The lowest BCUT2D eigenvalue weighted by Crippen LogP contribution is -2.34. The van der Waals surface area contributed by atoms with Gasteiger partial charge in [-0.2, -0.15) is 0 Å². The molecule has 0 spiro atoms. The van der Waals surface area contributed by atoms with Gasteiger partial charge in [-0.25, -0.2) is 0 Å². The van der Waals surface area contributed by atoms with Crippen LogP contribution in [0.1, 0.15) is 25.8 Å². The highest BCUT2D eigenvalue weighted by molar-refractivity contribution is 5.32. The zero-order chi connectivity index (χ0) is 15.3. The van der Waals surface area contributed by atoms with Gasteiger partial charge in [-0.3, -0.25) is 0 Å². The molecule has 1 aromatic rings. The molecule has 21 heavy (non-hydrogen) atoms. The minimum Gasteiger partial charge on any atom is -0.496 e. The largest absolute Gasteiger partial charge is 0.496 e. The minimum absolute atomic E-state index is 0.356. The number of aliphatic hydroxyl groups excluding tert-OH is 1. The fraction of sp³-hybridized carbons (Fsp3) is 0.647. The van der Waals surface area contributed by atoms with Crippen LogP contribution in [-0.4, -0.2) is 49.5 Å². The van der Waals surface area contributed by atoms with Crippen molar-refractivity contribution in [2.45, 2.75) is 33.0 Å². The lowest BCUT2D eigenvalue weighted by atomic mass is 9.93. The van der Waals surface area contributed by atoms with Crippen LogP contribution < -0.4 is 4.74 Å². The van der Waals surface area contributed by atoms with Crippen LogP contribution in [0.15, 0.2) is 24.3 Å². The van der Waals surface area contributed by atoms with Gasteiger partial charge < -0.3 is 19.5 Å². The molecule has 2 rings (SSSR count). The highest BCUT2D eigenvalue weighted by Crippen LogP contribution is 2.28. The average Bonchev–Trinajstić information content (AvgIpc) is 2.78. The summed E-state index contributed by atoms with van der Waals surface area (Å²) in [4.78, 5) is 2.32. The van der Waals surface area contributed by atoms with Crippen molar-refractivity contribution in [1.82, 2.24) is 4.90 Å². The topological polar surface area (TPSA) is 41.9 Å². The summed E-state index contributed by atoms with van der Waals surface area (Å²) < 4.78 is 10.9. The number of rotatable bonds is 7. The molecule has 4 nitrogen and oxygen atoms in total. The molecular formula is C17H27NO3. The summed E-state index contributed by atoms with van der Waals surface area (Å²) in [6.45, 7) is 8.18. The number of hydrogen-bond donors (Lipinski definition) is 1. The van der Waals surface area contributed by atoms with Gasteiger partial charge in [-0.05, 0) is 24.4 Å². The third kappa shape index (κ3) is 4.99. The summed E-state index contributed by atoms with van der Waals surface area (Å²) in [6.07, 6.45) is 0.760. The van der Waals surface area contributed by atoms with Crippen molar-refractivity contribution in [2.24, 2.45) is 5.41 Å². The van der Waals surface area contributed by atoms with E-state index in [1.54, 1.807) is 7.11 Å². The van der Waals surface area contributed by atoms with Crippen LogP contribution in [0.2, 0.25) is 0 Å². The van der Waals surface area contributed by atoms with Crippen LogP contribution in [-0.2, 0) is 11.3 Å². The monoisotopic (exact) mass is 293 g/mol. The first-order chi connectivity index (χ1) is 10.00. The molecule has 1 aliphatic rings. The van der Waals surface area contributed by atoms with E-state index >= 15 is 0 Å². The van der Waals surface area contributed by atoms with Crippen LogP contribution in [0.5, 0.6) is 5.75 Å². The lowest BCUT2D eigenvalue weighted by Gasteiger charge is -2.22. The smallest absolute Gasteiger partial charge is 0.124 e. The number of ether oxygens (including phenoxy) is 2. The molecule has 1 aliphatic heterocycles. The lowest BCUT2D eigenvalue weighted by molar-refractivity contribution is 0.0117. The molecule has 1 N–H and O–H groups in total. The standard InChI is InChI=1S/C17H27NO3/c1-17(2)8-9-18(13-17)10-15(19)12-21-11-14-6-4-5-7-16(14)20-3/h4-7,15,19H,8-13H2,1-3H3. The summed E-state index contributed by atoms with van der Waals surface area (Å²) in [5, 5.41) is 10.1. The van der Waals surface area contributed by atoms with Gasteiger partial charge in [0.2, 0.25) is 0 Å². The fourth-order valence-electron chi connectivity index (χ4n) is 2.86. The predicted octanol–water partition coefficient (Wildman–Crippen LogP) is 2.30. The summed E-state index contributed by atoms with van der Waals surface area (Å²) in [5.74, 6) is 0.827. The molecule has 1 fully saturated rings. The van der Waals surface area contributed by atoms with E-state index in [4.69, 9.17) is 9.47 Å². The number of hydrogen-bond acceptors (Lipinski definition) is 4. The maximum atomic E-state index is 10.1. The fourth-order valence-corrected chi connectivity index (χ4v) is 2.86. The van der Waals surface area contributed by atoms with Crippen molar-refractivity contribution < 1.29 is 14.6 Å². The molecule has 0 saturated carbocycles. The maximum absolute atomic E-state index is 10.1. The van der Waals surface area contributed by atoms with Crippen molar-refractivity contribution in [1.29, 1.82) is 0 Å². The van der Waals surface area contributed by atoms with Gasteiger partial charge in [0.1, 0.15) is 5.75 Å². The molecule has 1 saturated heterocycles. The maximum Gasteiger partial charge on any atom is 0.124 e. The molecule has 0 radical (unpaired) electrons. The third-order valence-corrected chi connectivity index (χ3v) is 3.99. The number of nitrogens with zero attached hydrogens (tertiary/aromatic N) is 1. The van der Waals surface area contributed by atoms with E-state index in [2.05, 4.69) is 18.7 Å². The summed E-state index contributed by atoms with van der Waals surface area (Å²) in [5.41, 5.74) is 1.38. The van der Waals surface area contributed by atoms with Crippen molar-refractivity contribution in [2.75, 3.05) is 33.4 Å². The molecule has 0 aromatic heterocycles. The first kappa shape index (κ1) is 16.3. The van der Waals surface area contributed by atoms with Gasteiger partial charge in [0, 0.05) is 18.7 Å². The highest BCUT2D eigenvalue weighted by atomic mass is 16.5. The molecular weight excluding hydrogens is 266 g/mol. The number of para-hydroxylation sites is 1. The van der Waals surface area contributed by atoms with Crippen LogP contribution >= 0.6 is 0 Å². The van der Waals surface area contributed by atoms with E-state index < -0.39 is 6.10 Å². The van der Waals surface area contributed by atoms with E-state index in [1.807, 2.05) is 24.3 Å². The molecule has 0 amide bonds. The van der Waals surface area contributed by atoms with E-state index in [0.717, 1.165) is 24.4 Å². The second kappa shape index (κ2) is 7.25. The molecule has 1 heterocycles. The number of aliphatic hydroxyl groups is 1. The van der Waals surface area contributed by atoms with Gasteiger partial charge >= 0.3 is 0 Å². The van der Waals surface area contributed by atoms with Crippen molar-refractivity contribution in [3.63, 3.8) is 0 Å². The van der Waals surface area contributed by atoms with Crippen LogP contribution in [0.4, 0.5) is 0 Å². The van der Waals surface area contributed by atoms with E-state index in [1.165, 1.54) is 6.42 Å². The van der Waals surface area contributed by atoms with Crippen LogP contribution in [0.3, 0.4) is 0 Å². The molecule has 4 heteroatoms. The first-order valence-corrected chi connectivity index (χ1v) is 7.60. The SMILES string of the molecule is COc1ccccc1COCC(O)CN1CCC(C)(C)C1. The Morgan fingerprint density at radius 1 is 1.33 bits per heavy atom. The van der Waals surface area contributed by atoms with Crippen molar-refractivity contribution >= 4 is 0 Å². The molecule has 1 atom stereocenters. The Morgan fingerprint density at radius 2 is 2.10 bits per heavy atom. The summed E-state index contributed by atoms with van der Waals surface area (Å²) in [7, 11) is 1.66. The van der Waals surface area contributed by atoms with Crippen LogP contribution in [0.25, 0.3) is 0 Å². The number of methoxy groups -OCH3 is 1. The summed E-state index contributed by atoms with van der Waals surface area (Å²) >= 11 is 0. The molecule has 1 unspecified atom stereocenters. The quantitative estimate of drug-likeness (QED) is 0.837. The van der Waals surface area contributed by atoms with Crippen LogP contribution in [0, 0.1) is 5.41 Å². The highest BCUT2D eigenvalue weighted by Gasteiger charge is 2.29. The van der Waals surface area contributed by atoms with Crippen molar-refractivity contribution in [3.8, 4) is 5.75 Å². The van der Waals surface area contributed by atoms with E-state index in [0.29, 0.717) is 25.2 Å². The minimum atomic E-state index is -0.436. The van der Waals surface area contributed by atoms with Gasteiger partial charge in [0.05, 0.1) is 26.4 Å². The Morgan fingerprint density at radius 3 is 2.76 bits per heavy atom. The molecule has 1 aromatic carbocycles. The van der Waals surface area contributed by atoms with E-state index in [9.17, 15) is 5.11 Å². The Kier molecular flexibility index (Phi) is 5.62. The van der Waals surface area contributed by atoms with Gasteiger partial charge in [-0.1, -0.05) is 32.0 Å². The number of benzene rings is 1. The summed E-state index contributed by atoms with van der Waals surface area (Å²) in [6, 6.07) is 7.80. The molecule has 118 valence electrons. The Balaban J connectivity index is 1.71. The normalized spacial score (nSPS) is 19.6. The van der Waals surface area contributed by atoms with E-state index in [-0.39, 0.29) is 0 Å². The number of likely N-dealkylation sites (tertiary alicyclic amines) is 1. The Bertz CT molecular complexity index is 447. The average molecular weight is 293 g/mol. The number of β-amino-alcohol motifs (C(OH)–C–C–N with tert-alkyl or cyclic N) is 1. The van der Waals surface area contributed by atoms with Crippen molar-refractivity contribution in [3.05, 3.63) is 29.8 Å². The zero-order valence-electron chi connectivity index (χ0n) is 13.3. The zero-order valence-corrected chi connectivity index (χ0v) is 13.3. The second-order valence-electron chi connectivity index (χ2n) is 6.63. The predicted molar refractivity (Wildman–Crippen MR) is 83.5 cm³/mol. The Hall–Kier alpha value is -1.10. The second-order valence-corrected chi connectivity index (χ2v) is 6.63. The molecule has 0 bridgehead atoms. The first-order valence-electron chi connectivity index (χ1n) is 7.60. The molecule has 0 aliphatic carbocycles. The Labute approximate surface area is 127 Å². The van der Waals surface area contributed by atoms with Gasteiger partial charge in [0.25, 0.3) is 0 Å².